The van der Waals surface area contributed by atoms with Gasteiger partial charge in [0.1, 0.15) is 11.8 Å². The molecule has 0 saturated carbocycles. The number of imidazole rings is 1. The SMILES string of the molecule is CN1CC[C@H](n2cnc3c(N)ncnc32)O1. The van der Waals surface area contributed by atoms with E-state index in [2.05, 4.69) is 15.0 Å². The van der Waals surface area contributed by atoms with Crippen molar-refractivity contribution in [3.8, 4) is 0 Å². The van der Waals surface area contributed by atoms with E-state index in [0.717, 1.165) is 13.0 Å². The van der Waals surface area contributed by atoms with Gasteiger partial charge in [0.05, 0.1) is 6.33 Å². The Morgan fingerprint density at radius 3 is 3.06 bits per heavy atom. The van der Waals surface area contributed by atoms with Crippen LogP contribution >= 0.6 is 0 Å². The fraction of sp³-hybridized carbons (Fsp3) is 0.444. The summed E-state index contributed by atoms with van der Waals surface area (Å²) in [6.45, 7) is 0.894. The first-order chi connectivity index (χ1) is 7.75. The van der Waals surface area contributed by atoms with Crippen LogP contribution in [-0.4, -0.2) is 38.2 Å². The summed E-state index contributed by atoms with van der Waals surface area (Å²) < 4.78 is 1.89. The van der Waals surface area contributed by atoms with Crippen molar-refractivity contribution in [1.82, 2.24) is 24.6 Å². The average Bonchev–Trinajstić information content (AvgIpc) is 2.84. The third kappa shape index (κ3) is 1.33. The number of fused-ring (bicyclic) bond motifs is 1. The molecule has 3 rings (SSSR count). The number of anilines is 1. The smallest absolute Gasteiger partial charge is 0.167 e. The lowest BCUT2D eigenvalue weighted by atomic mass is 10.4. The summed E-state index contributed by atoms with van der Waals surface area (Å²) in [4.78, 5) is 17.9. The summed E-state index contributed by atoms with van der Waals surface area (Å²) in [5, 5.41) is 1.81. The lowest BCUT2D eigenvalue weighted by Crippen LogP contribution is -2.13. The highest BCUT2D eigenvalue weighted by Gasteiger charge is 2.24. The molecule has 3 heterocycles. The first-order valence-corrected chi connectivity index (χ1v) is 5.06. The van der Waals surface area contributed by atoms with Crippen molar-refractivity contribution in [3.63, 3.8) is 0 Å². The highest BCUT2D eigenvalue weighted by molar-refractivity contribution is 5.81. The van der Waals surface area contributed by atoms with Crippen molar-refractivity contribution in [1.29, 1.82) is 0 Å². The van der Waals surface area contributed by atoms with E-state index in [1.54, 1.807) is 11.4 Å². The molecule has 1 fully saturated rings. The molecular formula is C9H12N6O. The molecule has 2 aromatic heterocycles. The van der Waals surface area contributed by atoms with Gasteiger partial charge in [-0.1, -0.05) is 0 Å². The lowest BCUT2D eigenvalue weighted by Gasteiger charge is -2.12. The number of nitrogens with two attached hydrogens (primary N) is 1. The summed E-state index contributed by atoms with van der Waals surface area (Å²) in [6.07, 6.45) is 3.99. The average molecular weight is 220 g/mol. The Labute approximate surface area is 91.8 Å². The molecule has 0 radical (unpaired) electrons. The molecule has 1 atom stereocenters. The highest BCUT2D eigenvalue weighted by Crippen LogP contribution is 2.26. The van der Waals surface area contributed by atoms with E-state index < -0.39 is 0 Å². The molecule has 1 saturated heterocycles. The van der Waals surface area contributed by atoms with Crippen molar-refractivity contribution in [3.05, 3.63) is 12.7 Å². The van der Waals surface area contributed by atoms with Gasteiger partial charge in [-0.2, -0.15) is 5.06 Å². The van der Waals surface area contributed by atoms with Crippen molar-refractivity contribution < 1.29 is 4.84 Å². The Morgan fingerprint density at radius 2 is 2.31 bits per heavy atom. The Bertz CT molecular complexity index is 524. The van der Waals surface area contributed by atoms with Crippen LogP contribution in [0.3, 0.4) is 0 Å². The molecule has 0 aliphatic carbocycles. The number of nitrogens with zero attached hydrogens (tertiary/aromatic N) is 5. The second-order valence-electron chi connectivity index (χ2n) is 3.78. The van der Waals surface area contributed by atoms with Crippen molar-refractivity contribution in [2.45, 2.75) is 12.6 Å². The topological polar surface area (TPSA) is 82.1 Å². The van der Waals surface area contributed by atoms with E-state index in [0.29, 0.717) is 17.0 Å². The number of hydroxylamine groups is 2. The van der Waals surface area contributed by atoms with Gasteiger partial charge in [-0.3, -0.25) is 9.40 Å². The minimum atomic E-state index is -0.0516. The van der Waals surface area contributed by atoms with Crippen LogP contribution in [-0.2, 0) is 4.84 Å². The molecule has 1 aliphatic heterocycles. The van der Waals surface area contributed by atoms with Crippen LogP contribution in [0.1, 0.15) is 12.6 Å². The predicted octanol–water partition coefficient (Wildman–Crippen LogP) is 0.174. The molecule has 0 amide bonds. The van der Waals surface area contributed by atoms with Crippen molar-refractivity contribution in [2.24, 2.45) is 0 Å². The Morgan fingerprint density at radius 1 is 1.44 bits per heavy atom. The first-order valence-electron chi connectivity index (χ1n) is 5.06. The third-order valence-electron chi connectivity index (χ3n) is 2.69. The standard InChI is InChI=1S/C9H12N6O/c1-14-3-2-6(16-14)15-5-13-7-8(10)11-4-12-9(7)15/h4-6H,2-3H2,1H3,(H2,10,11,12)/t6-/m1/s1. The zero-order valence-electron chi connectivity index (χ0n) is 8.87. The number of aromatic nitrogens is 4. The van der Waals surface area contributed by atoms with Gasteiger partial charge >= 0.3 is 0 Å². The van der Waals surface area contributed by atoms with E-state index in [1.165, 1.54) is 6.33 Å². The van der Waals surface area contributed by atoms with E-state index in [1.807, 2.05) is 11.6 Å². The molecule has 1 aliphatic rings. The number of nitrogen functional groups attached to an aromatic ring is 1. The van der Waals surface area contributed by atoms with Gasteiger partial charge in [-0.15, -0.1) is 0 Å². The molecule has 2 aromatic rings. The molecular weight excluding hydrogens is 208 g/mol. The molecule has 0 unspecified atom stereocenters. The third-order valence-corrected chi connectivity index (χ3v) is 2.69. The van der Waals surface area contributed by atoms with Gasteiger partial charge in [0, 0.05) is 20.0 Å². The summed E-state index contributed by atoms with van der Waals surface area (Å²) in [7, 11) is 1.91. The maximum Gasteiger partial charge on any atom is 0.167 e. The maximum absolute atomic E-state index is 5.72. The Hall–Kier alpha value is -1.73. The van der Waals surface area contributed by atoms with Gasteiger partial charge in [0.2, 0.25) is 0 Å². The Balaban J connectivity index is 2.08. The van der Waals surface area contributed by atoms with Crippen molar-refractivity contribution >= 4 is 17.0 Å². The molecule has 7 nitrogen and oxygen atoms in total. The molecule has 0 spiro atoms. The summed E-state index contributed by atoms with van der Waals surface area (Å²) in [6, 6.07) is 0. The fourth-order valence-corrected chi connectivity index (χ4v) is 1.88. The minimum Gasteiger partial charge on any atom is -0.382 e. The quantitative estimate of drug-likeness (QED) is 0.738. The van der Waals surface area contributed by atoms with Gasteiger partial charge in [-0.25, -0.2) is 15.0 Å². The molecule has 0 aromatic carbocycles. The first kappa shape index (κ1) is 9.49. The van der Waals surface area contributed by atoms with E-state index in [4.69, 9.17) is 10.6 Å². The maximum atomic E-state index is 5.72. The van der Waals surface area contributed by atoms with Crippen molar-refractivity contribution in [2.75, 3.05) is 19.3 Å². The normalized spacial score (nSPS) is 21.9. The van der Waals surface area contributed by atoms with Crippen LogP contribution in [0.5, 0.6) is 0 Å². The van der Waals surface area contributed by atoms with Gasteiger partial charge in [0.15, 0.2) is 17.7 Å². The summed E-state index contributed by atoms with van der Waals surface area (Å²) >= 11 is 0. The van der Waals surface area contributed by atoms with E-state index in [9.17, 15) is 0 Å². The number of rotatable bonds is 1. The molecule has 16 heavy (non-hydrogen) atoms. The number of hydrogen-bond acceptors (Lipinski definition) is 6. The molecule has 2 N–H and O–H groups in total. The largest absolute Gasteiger partial charge is 0.382 e. The van der Waals surface area contributed by atoms with Gasteiger partial charge in [-0.05, 0) is 0 Å². The van der Waals surface area contributed by atoms with Crippen LogP contribution < -0.4 is 5.73 Å². The minimum absolute atomic E-state index is 0.0516. The van der Waals surface area contributed by atoms with Gasteiger partial charge < -0.3 is 5.73 Å². The van der Waals surface area contributed by atoms with E-state index in [-0.39, 0.29) is 6.23 Å². The molecule has 7 heteroatoms. The Kier molecular flexibility index (Phi) is 2.01. The zero-order valence-corrected chi connectivity index (χ0v) is 8.87. The molecule has 84 valence electrons. The predicted molar refractivity (Wildman–Crippen MR) is 57.1 cm³/mol. The fourth-order valence-electron chi connectivity index (χ4n) is 1.88. The van der Waals surface area contributed by atoms with Crippen LogP contribution in [0, 0.1) is 0 Å². The van der Waals surface area contributed by atoms with Crippen LogP contribution in [0.4, 0.5) is 5.82 Å². The lowest BCUT2D eigenvalue weighted by molar-refractivity contribution is -0.150. The van der Waals surface area contributed by atoms with E-state index >= 15 is 0 Å². The second-order valence-corrected chi connectivity index (χ2v) is 3.78. The van der Waals surface area contributed by atoms with Crippen LogP contribution in [0.15, 0.2) is 12.7 Å². The van der Waals surface area contributed by atoms with Gasteiger partial charge in [0.25, 0.3) is 0 Å². The molecule has 0 bridgehead atoms. The summed E-state index contributed by atoms with van der Waals surface area (Å²) in [5.41, 5.74) is 7.06. The van der Waals surface area contributed by atoms with Crippen LogP contribution in [0.25, 0.3) is 11.2 Å². The number of hydrogen-bond donors (Lipinski definition) is 1. The second kappa shape index (κ2) is 3.39. The highest BCUT2D eigenvalue weighted by atomic mass is 16.7. The van der Waals surface area contributed by atoms with Crippen LogP contribution in [0.2, 0.25) is 0 Å². The monoisotopic (exact) mass is 220 g/mol. The zero-order chi connectivity index (χ0) is 11.1. The summed E-state index contributed by atoms with van der Waals surface area (Å²) in [5.74, 6) is 0.398.